The van der Waals surface area contributed by atoms with Gasteiger partial charge in [0.1, 0.15) is 11.5 Å². The Bertz CT molecular complexity index is 3730. The molecule has 10 aromatic carbocycles. The lowest BCUT2D eigenvalue weighted by molar-refractivity contribution is 0.436. The van der Waals surface area contributed by atoms with Crippen LogP contribution >= 0.6 is 11.8 Å². The molecule has 0 saturated heterocycles. The zero-order valence-corrected chi connectivity index (χ0v) is 38.4. The van der Waals surface area contributed by atoms with E-state index in [4.69, 9.17) is 4.74 Å². The van der Waals surface area contributed by atoms with Crippen molar-refractivity contribution in [3.63, 3.8) is 0 Å². The van der Waals surface area contributed by atoms with E-state index in [9.17, 15) is 0 Å². The van der Waals surface area contributed by atoms with Crippen LogP contribution in [-0.4, -0.2) is 0 Å². The summed E-state index contributed by atoms with van der Waals surface area (Å²) in [5, 5.41) is 0. The Kier molecular flexibility index (Phi) is 7.67. The highest BCUT2D eigenvalue weighted by molar-refractivity contribution is 7.99. The van der Waals surface area contributed by atoms with E-state index in [0.717, 1.165) is 39.7 Å². The summed E-state index contributed by atoms with van der Waals surface area (Å²) in [7, 11) is 0. The second-order valence-corrected chi connectivity index (χ2v) is 20.5. The van der Waals surface area contributed by atoms with E-state index >= 15 is 0 Å². The van der Waals surface area contributed by atoms with Gasteiger partial charge < -0.3 is 9.64 Å². The van der Waals surface area contributed by atoms with E-state index in [1.165, 1.54) is 87.7 Å². The summed E-state index contributed by atoms with van der Waals surface area (Å²) in [6.07, 6.45) is 0. The van der Waals surface area contributed by atoms with Crippen LogP contribution in [0.5, 0.6) is 11.5 Å². The van der Waals surface area contributed by atoms with Gasteiger partial charge in [0.2, 0.25) is 0 Å². The molecule has 2 aliphatic heterocycles. The van der Waals surface area contributed by atoms with Crippen LogP contribution in [0.15, 0.2) is 234 Å². The van der Waals surface area contributed by atoms with Crippen molar-refractivity contribution in [2.24, 2.45) is 0 Å². The molecular formula is C65H43NOS. The third-order valence-corrected chi connectivity index (χ3v) is 17.2. The standard InChI is InChI=1S/C65H43NOS/c1-63(2)47-21-6-3-18-42(47)44-36-34-41(39-56(44)63)66(40-35-37-50-46(38-40)43-19-4-7-22-48(43)64(50)53-26-11-15-32-60(53)68-61-33-16-12-27-54(61)64)57-29-17-28-55-62(57)45-20-5-8-23-49(45)65(55)51-24-9-13-30-58(51)67-59-31-14-10-25-52(59)65/h3-39H,1-2H3. The fourth-order valence-corrected chi connectivity index (χ4v) is 14.5. The molecule has 0 bridgehead atoms. The van der Waals surface area contributed by atoms with Crippen molar-refractivity contribution in [1.29, 1.82) is 0 Å². The number of rotatable bonds is 3. The average molecular weight is 886 g/mol. The van der Waals surface area contributed by atoms with E-state index in [-0.39, 0.29) is 5.41 Å². The Morgan fingerprint density at radius 3 is 1.47 bits per heavy atom. The number of nitrogens with zero attached hydrogens (tertiary/aromatic N) is 1. The van der Waals surface area contributed by atoms with Crippen LogP contribution in [0, 0.1) is 0 Å². The fraction of sp³-hybridized carbons (Fsp3) is 0.0769. The SMILES string of the molecule is CC1(C)c2ccccc2-c2ccc(N(c3ccc4c(c3)-c3ccccc3C43c4ccccc4Sc4ccccc43)c3cccc4c3-c3ccccc3C43c4ccccc4Oc4ccccc43)cc21. The first kappa shape index (κ1) is 38.3. The lowest BCUT2D eigenvalue weighted by Gasteiger charge is -2.40. The Morgan fingerprint density at radius 2 is 0.794 bits per heavy atom. The van der Waals surface area contributed by atoms with E-state index in [1.54, 1.807) is 0 Å². The number of para-hydroxylation sites is 2. The van der Waals surface area contributed by atoms with Gasteiger partial charge in [-0.1, -0.05) is 195 Å². The third-order valence-electron chi connectivity index (χ3n) is 16.0. The summed E-state index contributed by atoms with van der Waals surface area (Å²) in [6.45, 7) is 4.77. The van der Waals surface area contributed by atoms with Crippen molar-refractivity contribution < 1.29 is 4.74 Å². The van der Waals surface area contributed by atoms with Crippen LogP contribution in [0.4, 0.5) is 17.1 Å². The predicted octanol–water partition coefficient (Wildman–Crippen LogP) is 16.8. The highest BCUT2D eigenvalue weighted by atomic mass is 32.2. The lowest BCUT2D eigenvalue weighted by Crippen LogP contribution is -2.32. The van der Waals surface area contributed by atoms with Gasteiger partial charge in [0.05, 0.1) is 16.5 Å². The maximum atomic E-state index is 6.75. The summed E-state index contributed by atoms with van der Waals surface area (Å²) in [5.41, 5.74) is 22.8. The normalized spacial score (nSPS) is 15.6. The molecule has 2 heterocycles. The Balaban J connectivity index is 1.03. The molecule has 320 valence electrons. The summed E-state index contributed by atoms with van der Waals surface area (Å²) in [4.78, 5) is 5.19. The second-order valence-electron chi connectivity index (χ2n) is 19.4. The summed E-state index contributed by atoms with van der Waals surface area (Å²) >= 11 is 1.89. The quantitative estimate of drug-likeness (QED) is 0.175. The molecule has 0 atom stereocenters. The number of fused-ring (bicyclic) bond motifs is 21. The minimum Gasteiger partial charge on any atom is -0.457 e. The van der Waals surface area contributed by atoms with Crippen molar-refractivity contribution in [3.8, 4) is 44.9 Å². The van der Waals surface area contributed by atoms with Crippen LogP contribution in [0.1, 0.15) is 69.5 Å². The largest absolute Gasteiger partial charge is 0.457 e. The van der Waals surface area contributed by atoms with Crippen molar-refractivity contribution in [3.05, 3.63) is 280 Å². The number of hydrogen-bond donors (Lipinski definition) is 0. The molecule has 0 radical (unpaired) electrons. The first-order chi connectivity index (χ1) is 33.5. The van der Waals surface area contributed by atoms with E-state index in [2.05, 4.69) is 243 Å². The molecule has 3 heteroatoms. The number of anilines is 3. The van der Waals surface area contributed by atoms with Crippen molar-refractivity contribution in [1.82, 2.24) is 0 Å². The first-order valence-electron chi connectivity index (χ1n) is 23.7. The number of hydrogen-bond acceptors (Lipinski definition) is 3. The maximum Gasteiger partial charge on any atom is 0.132 e. The zero-order valence-electron chi connectivity index (χ0n) is 37.6. The van der Waals surface area contributed by atoms with E-state index in [1.807, 2.05) is 11.8 Å². The van der Waals surface area contributed by atoms with Gasteiger partial charge in [0.25, 0.3) is 0 Å². The Hall–Kier alpha value is -7.85. The molecule has 0 unspecified atom stereocenters. The highest BCUT2D eigenvalue weighted by Crippen LogP contribution is 2.66. The highest BCUT2D eigenvalue weighted by Gasteiger charge is 2.53. The maximum absolute atomic E-state index is 6.75. The van der Waals surface area contributed by atoms with Gasteiger partial charge in [-0.15, -0.1) is 0 Å². The first-order valence-corrected chi connectivity index (χ1v) is 24.6. The molecule has 0 saturated carbocycles. The molecule has 10 aromatic rings. The van der Waals surface area contributed by atoms with Gasteiger partial charge in [0, 0.05) is 43.3 Å². The van der Waals surface area contributed by atoms with Crippen molar-refractivity contribution in [2.75, 3.05) is 4.90 Å². The Morgan fingerprint density at radius 1 is 0.338 bits per heavy atom. The zero-order chi connectivity index (χ0) is 44.9. The molecule has 5 aliphatic rings. The van der Waals surface area contributed by atoms with Crippen LogP contribution in [-0.2, 0) is 16.2 Å². The molecule has 68 heavy (non-hydrogen) atoms. The minimum atomic E-state index is -0.594. The average Bonchev–Trinajstić information content (AvgIpc) is 3.94. The predicted molar refractivity (Wildman–Crippen MR) is 277 cm³/mol. The van der Waals surface area contributed by atoms with Gasteiger partial charge >= 0.3 is 0 Å². The van der Waals surface area contributed by atoms with Crippen LogP contribution in [0.2, 0.25) is 0 Å². The molecule has 15 rings (SSSR count). The van der Waals surface area contributed by atoms with Gasteiger partial charge in [-0.05, 0) is 127 Å². The second kappa shape index (κ2) is 13.6. The summed E-state index contributed by atoms with van der Waals surface area (Å²) in [6, 6.07) is 84.3. The summed E-state index contributed by atoms with van der Waals surface area (Å²) < 4.78 is 6.75. The van der Waals surface area contributed by atoms with Crippen LogP contribution < -0.4 is 9.64 Å². The molecule has 3 aliphatic carbocycles. The van der Waals surface area contributed by atoms with E-state index < -0.39 is 10.8 Å². The lowest BCUT2D eigenvalue weighted by atomic mass is 9.66. The monoisotopic (exact) mass is 885 g/mol. The fourth-order valence-electron chi connectivity index (χ4n) is 13.3. The summed E-state index contributed by atoms with van der Waals surface area (Å²) in [5.74, 6) is 1.79. The molecular weight excluding hydrogens is 843 g/mol. The van der Waals surface area contributed by atoms with Crippen molar-refractivity contribution in [2.45, 2.75) is 39.9 Å². The number of benzene rings is 10. The van der Waals surface area contributed by atoms with Crippen molar-refractivity contribution >= 4 is 28.8 Å². The van der Waals surface area contributed by atoms with Gasteiger partial charge in [0.15, 0.2) is 0 Å². The minimum absolute atomic E-state index is 0.179. The smallest absolute Gasteiger partial charge is 0.132 e. The van der Waals surface area contributed by atoms with E-state index in [0.29, 0.717) is 0 Å². The molecule has 2 nitrogen and oxygen atoms in total. The van der Waals surface area contributed by atoms with Gasteiger partial charge in [-0.3, -0.25) is 0 Å². The molecule has 2 spiro atoms. The van der Waals surface area contributed by atoms with Crippen LogP contribution in [0.3, 0.4) is 0 Å². The number of ether oxygens (including phenoxy) is 1. The van der Waals surface area contributed by atoms with Crippen LogP contribution in [0.25, 0.3) is 33.4 Å². The topological polar surface area (TPSA) is 12.5 Å². The molecule has 0 amide bonds. The van der Waals surface area contributed by atoms with Gasteiger partial charge in [-0.2, -0.15) is 0 Å². The van der Waals surface area contributed by atoms with Gasteiger partial charge in [-0.25, -0.2) is 0 Å². The third kappa shape index (κ3) is 4.69. The molecule has 0 fully saturated rings. The molecule has 0 aromatic heterocycles. The molecule has 0 N–H and O–H groups in total. The Labute approximate surface area is 401 Å².